The minimum atomic E-state index is -0.243. The van der Waals surface area contributed by atoms with Gasteiger partial charge in [0, 0.05) is 49.4 Å². The Hall–Kier alpha value is -1.10. The van der Waals surface area contributed by atoms with Crippen LogP contribution in [0.25, 0.3) is 0 Å². The van der Waals surface area contributed by atoms with Gasteiger partial charge >= 0.3 is 6.09 Å². The van der Waals surface area contributed by atoms with Crippen LogP contribution in [0.1, 0.15) is 51.2 Å². The first-order valence-corrected chi connectivity index (χ1v) is 10.5. The van der Waals surface area contributed by atoms with E-state index in [2.05, 4.69) is 43.7 Å². The number of hydrogen-bond donors (Lipinski definition) is 2. The van der Waals surface area contributed by atoms with Crippen LogP contribution in [0.2, 0.25) is 0 Å². The fourth-order valence-corrected chi connectivity index (χ4v) is 3.90. The van der Waals surface area contributed by atoms with E-state index in [1.165, 1.54) is 7.11 Å². The second kappa shape index (κ2) is 11.8. The fraction of sp³-hybridized carbons (Fsp3) is 0.737. The number of rotatable bonds is 5. The fourth-order valence-electron chi connectivity index (χ4n) is 2.88. The van der Waals surface area contributed by atoms with Crippen LogP contribution in [0.3, 0.4) is 0 Å². The number of thiazole rings is 1. The molecule has 160 valence electrons. The summed E-state index contributed by atoms with van der Waals surface area (Å²) in [6.45, 7) is 11.5. The van der Waals surface area contributed by atoms with E-state index in [1.807, 2.05) is 0 Å². The van der Waals surface area contributed by atoms with E-state index in [1.54, 1.807) is 16.2 Å². The van der Waals surface area contributed by atoms with Crippen molar-refractivity contribution in [1.82, 2.24) is 20.5 Å². The van der Waals surface area contributed by atoms with Crippen LogP contribution in [0, 0.1) is 0 Å². The minimum Gasteiger partial charge on any atom is -0.453 e. The van der Waals surface area contributed by atoms with Gasteiger partial charge in [0.25, 0.3) is 0 Å². The van der Waals surface area contributed by atoms with Gasteiger partial charge in [-0.2, -0.15) is 0 Å². The molecule has 2 rings (SSSR count). The molecule has 1 aliphatic heterocycles. The number of nitrogens with zero attached hydrogens (tertiary/aromatic N) is 3. The van der Waals surface area contributed by atoms with Gasteiger partial charge in [0.05, 0.1) is 17.8 Å². The maximum atomic E-state index is 11.6. The second-order valence-electron chi connectivity index (χ2n) is 7.76. The third-order valence-corrected chi connectivity index (χ3v) is 5.44. The van der Waals surface area contributed by atoms with Crippen LogP contribution >= 0.6 is 35.3 Å². The predicted octanol–water partition coefficient (Wildman–Crippen LogP) is 3.39. The van der Waals surface area contributed by atoms with Crippen LogP contribution in [-0.4, -0.2) is 61.3 Å². The third kappa shape index (κ3) is 7.73. The number of carbonyl (C=O) groups is 1. The Morgan fingerprint density at radius 2 is 2.07 bits per heavy atom. The molecule has 0 atom stereocenters. The molecule has 28 heavy (non-hydrogen) atoms. The molecule has 9 heteroatoms. The average Bonchev–Trinajstić information content (AvgIpc) is 3.11. The molecule has 0 saturated carbocycles. The number of piperidine rings is 1. The van der Waals surface area contributed by atoms with Gasteiger partial charge in [0.2, 0.25) is 0 Å². The number of nitrogens with one attached hydrogen (secondary N) is 2. The largest absolute Gasteiger partial charge is 0.453 e. The van der Waals surface area contributed by atoms with E-state index in [0.717, 1.165) is 42.5 Å². The van der Waals surface area contributed by atoms with Crippen molar-refractivity contribution in [3.05, 3.63) is 16.1 Å². The molecule has 0 aliphatic carbocycles. The van der Waals surface area contributed by atoms with Crippen molar-refractivity contribution < 1.29 is 9.53 Å². The Balaban J connectivity index is 0.00000392. The topological polar surface area (TPSA) is 78.9 Å². The summed E-state index contributed by atoms with van der Waals surface area (Å²) in [5.41, 5.74) is 1.24. The van der Waals surface area contributed by atoms with Gasteiger partial charge in [-0.25, -0.2) is 9.78 Å². The summed E-state index contributed by atoms with van der Waals surface area (Å²) >= 11 is 1.71. The molecule has 1 fully saturated rings. The highest BCUT2D eigenvalue weighted by Gasteiger charge is 2.23. The van der Waals surface area contributed by atoms with Crippen LogP contribution in [0.5, 0.6) is 0 Å². The predicted molar refractivity (Wildman–Crippen MR) is 126 cm³/mol. The molecule has 0 aromatic carbocycles. The van der Waals surface area contributed by atoms with Crippen LogP contribution < -0.4 is 10.6 Å². The molecular formula is C19H34IN5O2S. The lowest BCUT2D eigenvalue weighted by atomic mass is 9.93. The number of halogens is 1. The molecule has 1 aromatic heterocycles. The maximum Gasteiger partial charge on any atom is 0.409 e. The highest BCUT2D eigenvalue weighted by Crippen LogP contribution is 2.24. The summed E-state index contributed by atoms with van der Waals surface area (Å²) in [7, 11) is 1.43. The van der Waals surface area contributed by atoms with Crippen molar-refractivity contribution in [2.45, 2.75) is 58.4 Å². The standard InChI is InChI=1S/C19H33N5O2S.HI/c1-6-20-17(22-14-8-11-24(12-9-14)18(25)26-5)21-10-7-16-23-15(13-27-16)19(2,3)4;/h13-14H,6-12H2,1-5H3,(H2,20,21,22);1H. The van der Waals surface area contributed by atoms with E-state index >= 15 is 0 Å². The number of methoxy groups -OCH3 is 1. The Morgan fingerprint density at radius 3 is 2.61 bits per heavy atom. The first kappa shape index (κ1) is 24.9. The van der Waals surface area contributed by atoms with Crippen molar-refractivity contribution in [2.75, 3.05) is 33.3 Å². The number of aliphatic imine (C=N–C) groups is 1. The summed E-state index contributed by atoms with van der Waals surface area (Å²) in [5.74, 6) is 0.835. The molecule has 1 amide bonds. The van der Waals surface area contributed by atoms with Crippen molar-refractivity contribution in [3.8, 4) is 0 Å². The second-order valence-corrected chi connectivity index (χ2v) is 8.71. The van der Waals surface area contributed by atoms with Crippen molar-refractivity contribution in [2.24, 2.45) is 4.99 Å². The molecule has 2 N–H and O–H groups in total. The lowest BCUT2D eigenvalue weighted by Crippen LogP contribution is -2.49. The van der Waals surface area contributed by atoms with E-state index in [-0.39, 0.29) is 35.5 Å². The Bertz CT molecular complexity index is 637. The monoisotopic (exact) mass is 523 g/mol. The number of ether oxygens (including phenoxy) is 1. The number of hydrogen-bond acceptors (Lipinski definition) is 5. The Kier molecular flexibility index (Phi) is 10.5. The van der Waals surface area contributed by atoms with Gasteiger partial charge in [-0.15, -0.1) is 35.3 Å². The first-order chi connectivity index (χ1) is 12.8. The van der Waals surface area contributed by atoms with Crippen molar-refractivity contribution in [3.63, 3.8) is 0 Å². The number of aromatic nitrogens is 1. The molecule has 0 radical (unpaired) electrons. The summed E-state index contributed by atoms with van der Waals surface area (Å²) in [6, 6.07) is 0.316. The van der Waals surface area contributed by atoms with Crippen LogP contribution in [0.4, 0.5) is 4.79 Å². The molecule has 0 bridgehead atoms. The minimum absolute atomic E-state index is 0. The van der Waals surface area contributed by atoms with Crippen LogP contribution in [0.15, 0.2) is 10.4 Å². The number of likely N-dealkylation sites (tertiary alicyclic amines) is 1. The third-order valence-electron chi connectivity index (χ3n) is 4.53. The quantitative estimate of drug-likeness (QED) is 0.352. The number of carbonyl (C=O) groups excluding carboxylic acids is 1. The molecule has 0 spiro atoms. The SMILES string of the molecule is CCNC(=NCCc1nc(C(C)(C)C)cs1)NC1CCN(C(=O)OC)CC1.I. The van der Waals surface area contributed by atoms with Gasteiger partial charge in [0.15, 0.2) is 5.96 Å². The molecule has 2 heterocycles. The lowest BCUT2D eigenvalue weighted by molar-refractivity contribution is 0.111. The Labute approximate surface area is 189 Å². The average molecular weight is 523 g/mol. The normalized spacial score (nSPS) is 15.8. The summed E-state index contributed by atoms with van der Waals surface area (Å²) in [4.78, 5) is 22.8. The molecule has 1 saturated heterocycles. The van der Waals surface area contributed by atoms with E-state index in [4.69, 9.17) is 14.7 Å². The van der Waals surface area contributed by atoms with Gasteiger partial charge in [-0.05, 0) is 19.8 Å². The van der Waals surface area contributed by atoms with E-state index in [0.29, 0.717) is 25.7 Å². The van der Waals surface area contributed by atoms with Gasteiger partial charge < -0.3 is 20.3 Å². The zero-order valence-electron chi connectivity index (χ0n) is 17.6. The molecular weight excluding hydrogens is 489 g/mol. The summed E-state index contributed by atoms with van der Waals surface area (Å²) in [5, 5.41) is 10.1. The summed E-state index contributed by atoms with van der Waals surface area (Å²) < 4.78 is 4.79. The van der Waals surface area contributed by atoms with Gasteiger partial charge in [-0.3, -0.25) is 4.99 Å². The van der Waals surface area contributed by atoms with Gasteiger partial charge in [-0.1, -0.05) is 20.8 Å². The zero-order chi connectivity index (χ0) is 19.9. The lowest BCUT2D eigenvalue weighted by Gasteiger charge is -2.32. The Morgan fingerprint density at radius 1 is 1.39 bits per heavy atom. The molecule has 7 nitrogen and oxygen atoms in total. The molecule has 1 aromatic rings. The highest BCUT2D eigenvalue weighted by molar-refractivity contribution is 14.0. The molecule has 1 aliphatic rings. The summed E-state index contributed by atoms with van der Waals surface area (Å²) in [6.07, 6.45) is 2.38. The highest BCUT2D eigenvalue weighted by atomic mass is 127. The van der Waals surface area contributed by atoms with E-state index < -0.39 is 0 Å². The van der Waals surface area contributed by atoms with Crippen LogP contribution in [-0.2, 0) is 16.6 Å². The smallest absolute Gasteiger partial charge is 0.409 e. The number of guanidine groups is 1. The molecule has 0 unspecified atom stereocenters. The van der Waals surface area contributed by atoms with Crippen molar-refractivity contribution in [1.29, 1.82) is 0 Å². The zero-order valence-corrected chi connectivity index (χ0v) is 20.7. The van der Waals surface area contributed by atoms with Crippen molar-refractivity contribution >= 4 is 47.4 Å². The number of amides is 1. The van der Waals surface area contributed by atoms with E-state index in [9.17, 15) is 4.79 Å². The first-order valence-electron chi connectivity index (χ1n) is 9.66. The maximum absolute atomic E-state index is 11.6. The van der Waals surface area contributed by atoms with Gasteiger partial charge in [0.1, 0.15) is 0 Å².